The Bertz CT molecular complexity index is 1240. The average Bonchev–Trinajstić information content (AvgIpc) is 3.22. The molecule has 0 fully saturated rings. The molecule has 4 rings (SSSR count). The van der Waals surface area contributed by atoms with Gasteiger partial charge in [0, 0.05) is 26.9 Å². The van der Waals surface area contributed by atoms with Crippen LogP contribution in [0.4, 0.5) is 0 Å². The summed E-state index contributed by atoms with van der Waals surface area (Å²) in [7, 11) is -3.27. The van der Waals surface area contributed by atoms with Gasteiger partial charge in [-0.25, -0.2) is 8.42 Å². The molecule has 1 aliphatic carbocycles. The number of aryl methyl sites for hydroxylation is 2. The molecule has 0 saturated heterocycles. The van der Waals surface area contributed by atoms with Crippen molar-refractivity contribution in [2.24, 2.45) is 5.73 Å². The van der Waals surface area contributed by atoms with Gasteiger partial charge in [0.25, 0.3) is 0 Å². The van der Waals surface area contributed by atoms with Crippen molar-refractivity contribution < 1.29 is 13.2 Å². The van der Waals surface area contributed by atoms with Gasteiger partial charge in [0.2, 0.25) is 0 Å². The molecule has 8 heteroatoms. The van der Waals surface area contributed by atoms with Crippen LogP contribution in [0.25, 0.3) is 0 Å². The van der Waals surface area contributed by atoms with Gasteiger partial charge in [-0.1, -0.05) is 35.3 Å². The predicted molar refractivity (Wildman–Crippen MR) is 137 cm³/mol. The monoisotopic (exact) mass is 523 g/mol. The number of benzene rings is 2. The first-order valence-electron chi connectivity index (χ1n) is 11.0. The van der Waals surface area contributed by atoms with E-state index in [0.29, 0.717) is 27.3 Å². The first kappa shape index (κ1) is 24.6. The van der Waals surface area contributed by atoms with Crippen molar-refractivity contribution in [3.63, 3.8) is 0 Å². The first-order chi connectivity index (χ1) is 15.7. The molecule has 1 aromatic heterocycles. The van der Waals surface area contributed by atoms with E-state index in [1.54, 1.807) is 12.1 Å². The van der Waals surface area contributed by atoms with E-state index < -0.39 is 9.84 Å². The van der Waals surface area contributed by atoms with Gasteiger partial charge in [-0.05, 0) is 85.7 Å². The summed E-state index contributed by atoms with van der Waals surface area (Å²) in [5, 5.41) is 1.26. The minimum Gasteiger partial charge on any atom is -0.494 e. The summed E-state index contributed by atoms with van der Waals surface area (Å²) in [6.45, 7) is 2.24. The second-order valence-electron chi connectivity index (χ2n) is 8.50. The van der Waals surface area contributed by atoms with Crippen molar-refractivity contribution in [2.45, 2.75) is 48.8 Å². The van der Waals surface area contributed by atoms with Crippen LogP contribution in [0, 0.1) is 6.92 Å². The maximum absolute atomic E-state index is 12.5. The summed E-state index contributed by atoms with van der Waals surface area (Å²) in [6, 6.07) is 15.2. The molecule has 176 valence electrons. The molecular weight excluding hydrogens is 497 g/mol. The van der Waals surface area contributed by atoms with Crippen LogP contribution >= 0.6 is 34.5 Å². The highest BCUT2D eigenvalue weighted by atomic mass is 35.5. The van der Waals surface area contributed by atoms with E-state index in [-0.39, 0.29) is 17.7 Å². The molecule has 1 heterocycles. The van der Waals surface area contributed by atoms with E-state index in [9.17, 15) is 8.42 Å². The van der Waals surface area contributed by atoms with E-state index >= 15 is 0 Å². The number of hydrogen-bond donors (Lipinski definition) is 1. The molecule has 1 aliphatic rings. The zero-order chi connectivity index (χ0) is 23.6. The van der Waals surface area contributed by atoms with Crippen molar-refractivity contribution >= 4 is 44.4 Å². The van der Waals surface area contributed by atoms with E-state index in [4.69, 9.17) is 33.7 Å². The lowest BCUT2D eigenvalue weighted by Gasteiger charge is -2.32. The lowest BCUT2D eigenvalue weighted by Crippen LogP contribution is -2.34. The highest BCUT2D eigenvalue weighted by molar-refractivity contribution is 7.93. The van der Waals surface area contributed by atoms with Crippen LogP contribution < -0.4 is 10.5 Å². The largest absolute Gasteiger partial charge is 0.494 e. The van der Waals surface area contributed by atoms with Crippen molar-refractivity contribution in [3.8, 4) is 5.75 Å². The fourth-order valence-corrected chi connectivity index (χ4v) is 7.50. The first-order valence-corrected chi connectivity index (χ1v) is 14.2. The standard InChI is InChI=1S/C25H27Cl2NO3S2/c1-16-3-10-25(32-16)33(29,30)12-2-11-31-20-8-5-17-6-9-24(28)22(21(17)15-20)13-18-4-7-19(26)14-23(18)27/h3-5,7-8,10,14-15,22,24H,2,6,9,11-13,28H2,1H3. The lowest BCUT2D eigenvalue weighted by atomic mass is 9.76. The van der Waals surface area contributed by atoms with Crippen LogP contribution in [-0.2, 0) is 22.7 Å². The molecule has 0 bridgehead atoms. The molecule has 3 aromatic rings. The molecule has 0 radical (unpaired) electrons. The predicted octanol–water partition coefficient (Wildman–Crippen LogP) is 6.21. The van der Waals surface area contributed by atoms with Crippen LogP contribution in [0.15, 0.2) is 52.7 Å². The maximum atomic E-state index is 12.5. The van der Waals surface area contributed by atoms with E-state index in [2.05, 4.69) is 12.1 Å². The highest BCUT2D eigenvalue weighted by Crippen LogP contribution is 2.37. The van der Waals surface area contributed by atoms with Gasteiger partial charge in [0.1, 0.15) is 9.96 Å². The van der Waals surface area contributed by atoms with Crippen LogP contribution in [-0.4, -0.2) is 26.8 Å². The smallest absolute Gasteiger partial charge is 0.187 e. The Morgan fingerprint density at radius 3 is 2.67 bits per heavy atom. The van der Waals surface area contributed by atoms with Crippen molar-refractivity contribution in [2.75, 3.05) is 12.4 Å². The van der Waals surface area contributed by atoms with Crippen LogP contribution in [0.5, 0.6) is 5.75 Å². The van der Waals surface area contributed by atoms with E-state index in [1.165, 1.54) is 22.5 Å². The summed E-state index contributed by atoms with van der Waals surface area (Å²) in [5.41, 5.74) is 10.00. The van der Waals surface area contributed by atoms with Gasteiger partial charge >= 0.3 is 0 Å². The Hall–Kier alpha value is -1.57. The SMILES string of the molecule is Cc1ccc(S(=O)(=O)CCCOc2ccc3c(c2)C(Cc2ccc(Cl)cc2Cl)C(N)CC3)s1. The molecule has 2 aromatic carbocycles. The molecular formula is C25H27Cl2NO3S2. The summed E-state index contributed by atoms with van der Waals surface area (Å²) >= 11 is 13.8. The van der Waals surface area contributed by atoms with Crippen LogP contribution in [0.3, 0.4) is 0 Å². The van der Waals surface area contributed by atoms with Gasteiger partial charge < -0.3 is 10.5 Å². The number of ether oxygens (including phenoxy) is 1. The van der Waals surface area contributed by atoms with E-state index in [1.807, 2.05) is 31.2 Å². The number of thiophene rings is 1. The van der Waals surface area contributed by atoms with E-state index in [0.717, 1.165) is 35.5 Å². The van der Waals surface area contributed by atoms with Gasteiger partial charge in [0.15, 0.2) is 9.84 Å². The number of rotatable bonds is 8. The van der Waals surface area contributed by atoms with Crippen molar-refractivity contribution in [3.05, 3.63) is 80.1 Å². The summed E-state index contributed by atoms with van der Waals surface area (Å²) < 4.78 is 31.3. The van der Waals surface area contributed by atoms with Gasteiger partial charge in [0.05, 0.1) is 12.4 Å². The normalized spacial score (nSPS) is 18.2. The zero-order valence-electron chi connectivity index (χ0n) is 18.4. The third-order valence-electron chi connectivity index (χ3n) is 6.08. The average molecular weight is 525 g/mol. The topological polar surface area (TPSA) is 69.4 Å². The Balaban J connectivity index is 1.43. The van der Waals surface area contributed by atoms with Crippen molar-refractivity contribution in [1.82, 2.24) is 0 Å². The minimum absolute atomic E-state index is 0.0268. The molecule has 0 amide bonds. The number of sulfone groups is 1. The second-order valence-corrected chi connectivity index (χ2v) is 13.0. The number of fused-ring (bicyclic) bond motifs is 1. The Morgan fingerprint density at radius 1 is 1.12 bits per heavy atom. The fourth-order valence-electron chi connectivity index (χ4n) is 4.29. The molecule has 4 nitrogen and oxygen atoms in total. The lowest BCUT2D eigenvalue weighted by molar-refractivity contribution is 0.316. The molecule has 0 spiro atoms. The molecule has 0 saturated carbocycles. The number of halogens is 2. The summed E-state index contributed by atoms with van der Waals surface area (Å²) in [6.07, 6.45) is 3.01. The zero-order valence-corrected chi connectivity index (χ0v) is 21.5. The quantitative estimate of drug-likeness (QED) is 0.356. The molecule has 2 N–H and O–H groups in total. The van der Waals surface area contributed by atoms with Crippen LogP contribution in [0.1, 0.15) is 40.3 Å². The minimum atomic E-state index is -3.27. The van der Waals surface area contributed by atoms with Gasteiger partial charge in [-0.15, -0.1) is 11.3 Å². The third kappa shape index (κ3) is 5.92. The number of nitrogens with two attached hydrogens (primary N) is 1. The highest BCUT2D eigenvalue weighted by Gasteiger charge is 2.28. The molecule has 33 heavy (non-hydrogen) atoms. The Labute approximate surface area is 209 Å². The fraction of sp³-hybridized carbons (Fsp3) is 0.360. The summed E-state index contributed by atoms with van der Waals surface area (Å²) in [4.78, 5) is 0.992. The number of hydrogen-bond acceptors (Lipinski definition) is 5. The van der Waals surface area contributed by atoms with Crippen molar-refractivity contribution in [1.29, 1.82) is 0 Å². The van der Waals surface area contributed by atoms with Crippen LogP contribution in [0.2, 0.25) is 10.0 Å². The summed E-state index contributed by atoms with van der Waals surface area (Å²) in [5.74, 6) is 0.929. The van der Waals surface area contributed by atoms with Gasteiger partial charge in [-0.3, -0.25) is 0 Å². The third-order valence-corrected chi connectivity index (χ3v) is 10.1. The molecule has 2 atom stereocenters. The maximum Gasteiger partial charge on any atom is 0.187 e. The van der Waals surface area contributed by atoms with Gasteiger partial charge in [-0.2, -0.15) is 0 Å². The molecule has 2 unspecified atom stereocenters. The second kappa shape index (κ2) is 10.4. The Kier molecular flexibility index (Phi) is 7.71. The Morgan fingerprint density at radius 2 is 1.94 bits per heavy atom. The molecule has 0 aliphatic heterocycles.